The molecule has 49 valence electrons. The molecule has 0 aliphatic heterocycles. The van der Waals surface area contributed by atoms with Crippen molar-refractivity contribution in [3.63, 3.8) is 0 Å². The molecule has 8 heavy (non-hydrogen) atoms. The molecule has 0 aromatic heterocycles. The highest BCUT2D eigenvalue weighted by Gasteiger charge is 1.82. The van der Waals surface area contributed by atoms with Gasteiger partial charge < -0.3 is 9.47 Å². The summed E-state index contributed by atoms with van der Waals surface area (Å²) in [5, 5.41) is 9.71. The average molecular weight is 119 g/mol. The van der Waals surface area contributed by atoms with Gasteiger partial charge in [0, 0.05) is 6.61 Å². The van der Waals surface area contributed by atoms with Crippen LogP contribution in [0.25, 0.3) is 0 Å². The molecule has 0 saturated heterocycles. The van der Waals surface area contributed by atoms with Gasteiger partial charge in [0.15, 0.2) is 0 Å². The van der Waals surface area contributed by atoms with E-state index in [1.165, 1.54) is 0 Å². The van der Waals surface area contributed by atoms with Crippen molar-refractivity contribution < 1.29 is 14.6 Å². The normalized spacial score (nSPS) is 9.75. The van der Waals surface area contributed by atoms with Crippen molar-refractivity contribution in [2.75, 3.05) is 26.6 Å². The second kappa shape index (κ2) is 6.88. The third-order valence-corrected chi connectivity index (χ3v) is 0.598. The zero-order valence-electron chi connectivity index (χ0n) is 5.05. The van der Waals surface area contributed by atoms with Crippen LogP contribution < -0.4 is 0 Å². The smallest absolute Gasteiger partial charge is 0.146 e. The maximum atomic E-state index is 9.71. The standard InChI is InChI=1S/C5H11O3/c1-2-7-5-8-4-3-6/h2-5H2,1H3. The highest BCUT2D eigenvalue weighted by molar-refractivity contribution is 4.17. The fraction of sp³-hybridized carbons (Fsp3) is 1.00. The third kappa shape index (κ3) is 5.88. The lowest BCUT2D eigenvalue weighted by atomic mass is 10.8. The Balaban J connectivity index is 2.53. The summed E-state index contributed by atoms with van der Waals surface area (Å²) < 4.78 is 9.46. The van der Waals surface area contributed by atoms with Gasteiger partial charge in [-0.15, -0.1) is 0 Å². The molecule has 0 aromatic rings. The maximum absolute atomic E-state index is 9.71. The molecule has 0 aromatic carbocycles. The van der Waals surface area contributed by atoms with Crippen molar-refractivity contribution in [2.45, 2.75) is 6.92 Å². The van der Waals surface area contributed by atoms with Crippen molar-refractivity contribution in [3.8, 4) is 0 Å². The molecule has 3 heteroatoms. The molecule has 0 heterocycles. The zero-order valence-corrected chi connectivity index (χ0v) is 5.05. The summed E-state index contributed by atoms with van der Waals surface area (Å²) >= 11 is 0. The third-order valence-electron chi connectivity index (χ3n) is 0.598. The Bertz CT molecular complexity index is 32.7. The lowest BCUT2D eigenvalue weighted by Crippen LogP contribution is -2.02. The minimum Gasteiger partial charge on any atom is -0.356 e. The number of hydrogen-bond donors (Lipinski definition) is 0. The molecule has 0 spiro atoms. The number of ether oxygens (including phenoxy) is 2. The van der Waals surface area contributed by atoms with Gasteiger partial charge in [-0.05, 0) is 6.92 Å². The first kappa shape index (κ1) is 7.88. The van der Waals surface area contributed by atoms with Gasteiger partial charge in [-0.2, -0.15) is 0 Å². The van der Waals surface area contributed by atoms with Crippen LogP contribution in [0, 0.1) is 0 Å². The maximum Gasteiger partial charge on any atom is 0.146 e. The highest BCUT2D eigenvalue weighted by Crippen LogP contribution is 1.75. The van der Waals surface area contributed by atoms with Gasteiger partial charge >= 0.3 is 0 Å². The van der Waals surface area contributed by atoms with Gasteiger partial charge in [0.1, 0.15) is 13.4 Å². The van der Waals surface area contributed by atoms with Crippen LogP contribution in [0.1, 0.15) is 6.92 Å². The fourth-order valence-corrected chi connectivity index (χ4v) is 0.260. The van der Waals surface area contributed by atoms with E-state index in [9.17, 15) is 5.11 Å². The van der Waals surface area contributed by atoms with Gasteiger partial charge in [-0.25, -0.2) is 5.11 Å². The Morgan fingerprint density at radius 3 is 2.62 bits per heavy atom. The van der Waals surface area contributed by atoms with E-state index in [0.717, 1.165) is 0 Å². The quantitative estimate of drug-likeness (QED) is 0.388. The Hall–Kier alpha value is -0.120. The van der Waals surface area contributed by atoms with Crippen LogP contribution >= 0.6 is 0 Å². The molecule has 3 nitrogen and oxygen atoms in total. The second-order valence-corrected chi connectivity index (χ2v) is 1.22. The molecule has 0 aliphatic carbocycles. The van der Waals surface area contributed by atoms with E-state index in [-0.39, 0.29) is 20.0 Å². The first-order valence-electron chi connectivity index (χ1n) is 2.65. The van der Waals surface area contributed by atoms with Crippen molar-refractivity contribution in [2.24, 2.45) is 0 Å². The van der Waals surface area contributed by atoms with E-state index in [1.807, 2.05) is 6.92 Å². The molecule has 0 aliphatic rings. The molecular weight excluding hydrogens is 108 g/mol. The van der Waals surface area contributed by atoms with Crippen LogP contribution in [0.4, 0.5) is 0 Å². The molecule has 0 amide bonds. The van der Waals surface area contributed by atoms with E-state index in [1.54, 1.807) is 0 Å². The Morgan fingerprint density at radius 2 is 2.12 bits per heavy atom. The Labute approximate surface area is 49.2 Å². The lowest BCUT2D eigenvalue weighted by Gasteiger charge is -1.98. The van der Waals surface area contributed by atoms with Gasteiger partial charge in [-0.1, -0.05) is 0 Å². The van der Waals surface area contributed by atoms with Crippen LogP contribution in [0.15, 0.2) is 0 Å². The molecule has 0 fully saturated rings. The van der Waals surface area contributed by atoms with E-state index in [4.69, 9.17) is 4.74 Å². The predicted molar refractivity (Wildman–Crippen MR) is 28.0 cm³/mol. The molecule has 1 radical (unpaired) electrons. The molecule has 0 atom stereocenters. The SMILES string of the molecule is CCOCOCC[O]. The zero-order chi connectivity index (χ0) is 6.24. The summed E-state index contributed by atoms with van der Waals surface area (Å²) in [5.41, 5.74) is 0. The summed E-state index contributed by atoms with van der Waals surface area (Å²) in [7, 11) is 0. The van der Waals surface area contributed by atoms with Crippen LogP contribution in [0.3, 0.4) is 0 Å². The van der Waals surface area contributed by atoms with Crippen molar-refractivity contribution in [1.29, 1.82) is 0 Å². The van der Waals surface area contributed by atoms with Crippen molar-refractivity contribution in [3.05, 3.63) is 0 Å². The minimum absolute atomic E-state index is 0.187. The van der Waals surface area contributed by atoms with Gasteiger partial charge in [0.2, 0.25) is 0 Å². The minimum atomic E-state index is -0.187. The van der Waals surface area contributed by atoms with E-state index < -0.39 is 0 Å². The monoisotopic (exact) mass is 119 g/mol. The number of hydrogen-bond acceptors (Lipinski definition) is 2. The molecule has 0 rings (SSSR count). The van der Waals surface area contributed by atoms with Crippen molar-refractivity contribution in [1.82, 2.24) is 0 Å². The molecule has 0 N–H and O–H groups in total. The molecular formula is C5H11O3. The topological polar surface area (TPSA) is 38.4 Å². The van der Waals surface area contributed by atoms with E-state index in [0.29, 0.717) is 6.61 Å². The predicted octanol–water partition coefficient (Wildman–Crippen LogP) is 0.427. The highest BCUT2D eigenvalue weighted by atomic mass is 16.7. The summed E-state index contributed by atoms with van der Waals surface area (Å²) in [5.74, 6) is 0. The molecule has 0 unspecified atom stereocenters. The van der Waals surface area contributed by atoms with E-state index in [2.05, 4.69) is 4.74 Å². The lowest BCUT2D eigenvalue weighted by molar-refractivity contribution is -0.0641. The average Bonchev–Trinajstić information content (AvgIpc) is 1.81. The van der Waals surface area contributed by atoms with Crippen LogP contribution in [0.5, 0.6) is 0 Å². The van der Waals surface area contributed by atoms with Gasteiger partial charge in [0.05, 0.1) is 6.61 Å². The Kier molecular flexibility index (Phi) is 6.78. The van der Waals surface area contributed by atoms with Gasteiger partial charge in [-0.3, -0.25) is 0 Å². The van der Waals surface area contributed by atoms with Crippen molar-refractivity contribution >= 4 is 0 Å². The molecule has 0 saturated carbocycles. The summed E-state index contributed by atoms with van der Waals surface area (Å²) in [6.07, 6.45) is 0. The molecule has 0 bridgehead atoms. The van der Waals surface area contributed by atoms with Crippen LogP contribution in [-0.2, 0) is 14.6 Å². The summed E-state index contributed by atoms with van der Waals surface area (Å²) in [6, 6.07) is 0. The van der Waals surface area contributed by atoms with E-state index >= 15 is 0 Å². The van der Waals surface area contributed by atoms with Gasteiger partial charge in [0.25, 0.3) is 0 Å². The fourth-order valence-electron chi connectivity index (χ4n) is 0.260. The van der Waals surface area contributed by atoms with Crippen LogP contribution in [0.2, 0.25) is 0 Å². The first-order valence-corrected chi connectivity index (χ1v) is 2.65. The Morgan fingerprint density at radius 1 is 1.38 bits per heavy atom. The summed E-state index contributed by atoms with van der Waals surface area (Å²) in [4.78, 5) is 0. The summed E-state index contributed by atoms with van der Waals surface area (Å²) in [6.45, 7) is 2.82. The second-order valence-electron chi connectivity index (χ2n) is 1.22. The van der Waals surface area contributed by atoms with Crippen LogP contribution in [-0.4, -0.2) is 26.6 Å². The first-order chi connectivity index (χ1) is 3.91. The largest absolute Gasteiger partial charge is 0.356 e. The number of rotatable bonds is 5.